The second-order valence-corrected chi connectivity index (χ2v) is 1.50. The summed E-state index contributed by atoms with van der Waals surface area (Å²) >= 11 is 0. The van der Waals surface area contributed by atoms with Gasteiger partial charge in [-0.05, 0) is 0 Å². The van der Waals surface area contributed by atoms with Gasteiger partial charge in [-0.3, -0.25) is 4.84 Å². The molecule has 0 aliphatic rings. The summed E-state index contributed by atoms with van der Waals surface area (Å²) in [6, 6.07) is 0. The first-order valence-corrected chi connectivity index (χ1v) is 2.11. The first-order valence-electron chi connectivity index (χ1n) is 2.11. The number of hydrogen-bond donors (Lipinski definition) is 1. The van der Waals surface area contributed by atoms with Crippen molar-refractivity contribution in [3.63, 3.8) is 0 Å². The molecule has 7 heavy (non-hydrogen) atoms. The summed E-state index contributed by atoms with van der Waals surface area (Å²) in [6.07, 6.45) is 0. The summed E-state index contributed by atoms with van der Waals surface area (Å²) in [5.74, 6) is -0.250. The maximum absolute atomic E-state index is 10.0. The van der Waals surface area contributed by atoms with Gasteiger partial charge in [0.25, 0.3) is 0 Å². The van der Waals surface area contributed by atoms with E-state index < -0.39 is 0 Å². The van der Waals surface area contributed by atoms with Crippen LogP contribution in [0.5, 0.6) is 0 Å². The predicted molar refractivity (Wildman–Crippen MR) is 24.6 cm³/mol. The number of quaternary nitrogens is 1. The van der Waals surface area contributed by atoms with Gasteiger partial charge in [-0.2, -0.15) is 0 Å². The Labute approximate surface area is 42.8 Å². The van der Waals surface area contributed by atoms with E-state index in [0.717, 1.165) is 0 Å². The lowest BCUT2D eigenvalue weighted by Gasteiger charge is -2.00. The molecule has 0 aromatic carbocycles. The lowest BCUT2D eigenvalue weighted by atomic mass is 10.8. The van der Waals surface area contributed by atoms with Crippen molar-refractivity contribution >= 4 is 5.97 Å². The molecule has 0 rings (SSSR count). The van der Waals surface area contributed by atoms with E-state index in [1.165, 1.54) is 6.92 Å². The van der Waals surface area contributed by atoms with Gasteiger partial charge in [0, 0.05) is 6.92 Å². The van der Waals surface area contributed by atoms with E-state index >= 15 is 0 Å². The zero-order valence-electron chi connectivity index (χ0n) is 4.82. The van der Waals surface area contributed by atoms with Crippen LogP contribution >= 0.6 is 0 Å². The van der Waals surface area contributed by atoms with Crippen molar-refractivity contribution < 1.29 is 14.7 Å². The molecule has 0 aliphatic carbocycles. The number of hydroxylamine groups is 2. The Morgan fingerprint density at radius 1 is 1.57 bits per heavy atom. The van der Waals surface area contributed by atoms with Crippen molar-refractivity contribution in [2.75, 3.05) is 14.1 Å². The van der Waals surface area contributed by atoms with Gasteiger partial charge in [0.15, 0.2) is 0 Å². The van der Waals surface area contributed by atoms with Crippen LogP contribution in [0.25, 0.3) is 0 Å². The molecule has 0 radical (unpaired) electrons. The molecule has 0 aromatic heterocycles. The van der Waals surface area contributed by atoms with Crippen LogP contribution < -0.4 is 5.06 Å². The fourth-order valence-corrected chi connectivity index (χ4v) is 0.287. The second-order valence-electron chi connectivity index (χ2n) is 1.50. The van der Waals surface area contributed by atoms with Gasteiger partial charge in [-0.25, -0.2) is 4.79 Å². The number of hydrogen-bond acceptors (Lipinski definition) is 2. The molecule has 0 saturated carbocycles. The van der Waals surface area contributed by atoms with Crippen LogP contribution in [0, 0.1) is 0 Å². The molecule has 0 aliphatic heterocycles. The maximum Gasteiger partial charge on any atom is 0.363 e. The smallest absolute Gasteiger partial charge is 0.279 e. The molecular weight excluding hydrogens is 94.0 g/mol. The predicted octanol–water partition coefficient (Wildman–Crippen LogP) is -1.39. The molecule has 42 valence electrons. The van der Waals surface area contributed by atoms with E-state index in [1.807, 2.05) is 0 Å². The van der Waals surface area contributed by atoms with E-state index in [-0.39, 0.29) is 5.97 Å². The summed E-state index contributed by atoms with van der Waals surface area (Å²) in [5.41, 5.74) is 0. The first-order chi connectivity index (χ1) is 3.13. The Bertz CT molecular complexity index is 70.1. The number of nitrogens with one attached hydrogen (secondary N) is 1. The van der Waals surface area contributed by atoms with Crippen LogP contribution in [-0.4, -0.2) is 20.1 Å². The molecule has 0 saturated heterocycles. The van der Waals surface area contributed by atoms with E-state index in [1.54, 1.807) is 14.1 Å². The molecule has 3 nitrogen and oxygen atoms in total. The Balaban J connectivity index is 3.13. The van der Waals surface area contributed by atoms with Gasteiger partial charge in [0.2, 0.25) is 0 Å². The summed E-state index contributed by atoms with van der Waals surface area (Å²) in [7, 11) is 3.48. The van der Waals surface area contributed by atoms with E-state index in [4.69, 9.17) is 0 Å². The minimum atomic E-state index is -0.250. The van der Waals surface area contributed by atoms with Crippen molar-refractivity contribution in [3.8, 4) is 0 Å². The van der Waals surface area contributed by atoms with Gasteiger partial charge in [0.1, 0.15) is 14.1 Å². The molecule has 0 amide bonds. The molecule has 0 spiro atoms. The van der Waals surface area contributed by atoms with Crippen LogP contribution in [0.2, 0.25) is 0 Å². The largest absolute Gasteiger partial charge is 0.363 e. The van der Waals surface area contributed by atoms with Gasteiger partial charge in [-0.15, -0.1) is 5.06 Å². The monoisotopic (exact) mass is 104 g/mol. The fourth-order valence-electron chi connectivity index (χ4n) is 0.287. The minimum absolute atomic E-state index is 0.250. The first kappa shape index (κ1) is 6.43. The Morgan fingerprint density at radius 3 is 2.00 bits per heavy atom. The van der Waals surface area contributed by atoms with Crippen molar-refractivity contribution in [2.45, 2.75) is 6.92 Å². The van der Waals surface area contributed by atoms with Gasteiger partial charge >= 0.3 is 5.97 Å². The molecule has 0 bridgehead atoms. The quantitative estimate of drug-likeness (QED) is 0.415. The summed E-state index contributed by atoms with van der Waals surface area (Å²) < 4.78 is 0. The normalized spacial score (nSPS) is 9.14. The van der Waals surface area contributed by atoms with Gasteiger partial charge in [-0.1, -0.05) is 0 Å². The molecular formula is C4H10NO2+. The molecule has 0 fully saturated rings. The highest BCUT2D eigenvalue weighted by molar-refractivity contribution is 5.64. The van der Waals surface area contributed by atoms with Gasteiger partial charge < -0.3 is 0 Å². The lowest BCUT2D eigenvalue weighted by molar-refractivity contribution is -1.04. The van der Waals surface area contributed by atoms with Crippen molar-refractivity contribution in [3.05, 3.63) is 0 Å². The van der Waals surface area contributed by atoms with Crippen LogP contribution in [0.15, 0.2) is 0 Å². The van der Waals surface area contributed by atoms with Crippen LogP contribution in [-0.2, 0) is 9.63 Å². The summed E-state index contributed by atoms with van der Waals surface area (Å²) in [6.45, 7) is 1.38. The number of rotatable bonds is 1. The summed E-state index contributed by atoms with van der Waals surface area (Å²) in [4.78, 5) is 14.5. The fraction of sp³-hybridized carbons (Fsp3) is 0.750. The average Bonchev–Trinajstić information content (AvgIpc) is 1.27. The Hall–Kier alpha value is -0.570. The van der Waals surface area contributed by atoms with Crippen molar-refractivity contribution in [2.24, 2.45) is 0 Å². The number of carbonyl (C=O) groups is 1. The molecule has 0 aromatic rings. The highest BCUT2D eigenvalue weighted by atomic mass is 16.7. The third kappa shape index (κ3) is 5.43. The zero-order chi connectivity index (χ0) is 5.86. The Kier molecular flexibility index (Phi) is 2.37. The minimum Gasteiger partial charge on any atom is -0.279 e. The van der Waals surface area contributed by atoms with Crippen molar-refractivity contribution in [1.29, 1.82) is 0 Å². The lowest BCUT2D eigenvalue weighted by Crippen LogP contribution is -3.05. The van der Waals surface area contributed by atoms with E-state index in [0.29, 0.717) is 5.06 Å². The Morgan fingerprint density at radius 2 is 2.00 bits per heavy atom. The molecule has 0 atom stereocenters. The molecule has 1 N–H and O–H groups in total. The second kappa shape index (κ2) is 2.58. The molecule has 3 heteroatoms. The topological polar surface area (TPSA) is 30.7 Å². The van der Waals surface area contributed by atoms with Crippen LogP contribution in [0.3, 0.4) is 0 Å². The SMILES string of the molecule is CC(=O)O[NH+](C)C. The van der Waals surface area contributed by atoms with Crippen LogP contribution in [0.1, 0.15) is 6.92 Å². The van der Waals surface area contributed by atoms with E-state index in [2.05, 4.69) is 4.84 Å². The van der Waals surface area contributed by atoms with Crippen LogP contribution in [0.4, 0.5) is 0 Å². The highest BCUT2D eigenvalue weighted by Gasteiger charge is 1.94. The highest BCUT2D eigenvalue weighted by Crippen LogP contribution is 1.56. The molecule has 0 unspecified atom stereocenters. The maximum atomic E-state index is 10.0. The third-order valence-electron chi connectivity index (χ3n) is 0.348. The third-order valence-corrected chi connectivity index (χ3v) is 0.348. The molecule has 0 heterocycles. The summed E-state index contributed by atoms with van der Waals surface area (Å²) in [5, 5.41) is 0.688. The average molecular weight is 104 g/mol. The zero-order valence-corrected chi connectivity index (χ0v) is 4.82. The van der Waals surface area contributed by atoms with E-state index in [9.17, 15) is 4.79 Å². The standard InChI is InChI=1S/C4H9NO2/c1-4(6)7-5(2)3/h1-3H3/p+1. The van der Waals surface area contributed by atoms with Crippen molar-refractivity contribution in [1.82, 2.24) is 0 Å². The van der Waals surface area contributed by atoms with Gasteiger partial charge in [0.05, 0.1) is 0 Å². The number of carbonyl (C=O) groups excluding carboxylic acids is 1.